The highest BCUT2D eigenvalue weighted by molar-refractivity contribution is 7.99. The first kappa shape index (κ1) is 7.99. The second-order valence-corrected chi connectivity index (χ2v) is 4.17. The molecule has 0 N–H and O–H groups in total. The molecule has 0 fully saturated rings. The van der Waals surface area contributed by atoms with Crippen LogP contribution in [0.2, 0.25) is 0 Å². The molecule has 0 amide bonds. The summed E-state index contributed by atoms with van der Waals surface area (Å²) in [7, 11) is 0. The van der Waals surface area contributed by atoms with Gasteiger partial charge in [0.15, 0.2) is 0 Å². The van der Waals surface area contributed by atoms with Crippen LogP contribution in [0.1, 0.15) is 25.3 Å². The summed E-state index contributed by atoms with van der Waals surface area (Å²) in [4.78, 5) is 1.34. The van der Waals surface area contributed by atoms with Crippen LogP contribution in [0.3, 0.4) is 0 Å². The van der Waals surface area contributed by atoms with Gasteiger partial charge in [-0.25, -0.2) is 0 Å². The molecule has 0 unspecified atom stereocenters. The van der Waals surface area contributed by atoms with Crippen LogP contribution < -0.4 is 4.74 Å². The zero-order chi connectivity index (χ0) is 8.55. The molecule has 1 aromatic carbocycles. The SMILES string of the molecule is CC(C)c1cccc2c1SCO2. The number of benzene rings is 1. The van der Waals surface area contributed by atoms with Crippen LogP contribution in [0.25, 0.3) is 0 Å². The van der Waals surface area contributed by atoms with Crippen LogP contribution in [0.15, 0.2) is 23.1 Å². The second kappa shape index (κ2) is 3.02. The largest absolute Gasteiger partial charge is 0.481 e. The van der Waals surface area contributed by atoms with E-state index in [9.17, 15) is 0 Å². The number of thioether (sulfide) groups is 1. The Kier molecular flexibility index (Phi) is 2.01. The van der Waals surface area contributed by atoms with Gasteiger partial charge in [-0.2, -0.15) is 0 Å². The normalized spacial score (nSPS) is 14.6. The molecule has 0 bridgehead atoms. The fraction of sp³-hybridized carbons (Fsp3) is 0.400. The maximum Gasteiger partial charge on any atom is 0.138 e. The van der Waals surface area contributed by atoms with Crippen molar-refractivity contribution < 1.29 is 4.74 Å². The molecule has 1 aliphatic heterocycles. The predicted octanol–water partition coefficient (Wildman–Crippen LogP) is 3.25. The minimum Gasteiger partial charge on any atom is -0.481 e. The standard InChI is InChI=1S/C10H12OS/c1-7(2)8-4-3-5-9-10(8)12-6-11-9/h3-5,7H,6H2,1-2H3. The maximum absolute atomic E-state index is 5.45. The summed E-state index contributed by atoms with van der Waals surface area (Å²) in [6.07, 6.45) is 0. The molecule has 1 aliphatic rings. The van der Waals surface area contributed by atoms with E-state index in [0.29, 0.717) is 5.92 Å². The van der Waals surface area contributed by atoms with E-state index in [4.69, 9.17) is 4.74 Å². The second-order valence-electron chi connectivity index (χ2n) is 3.24. The molecule has 0 spiro atoms. The molecule has 0 aliphatic carbocycles. The summed E-state index contributed by atoms with van der Waals surface area (Å²) >= 11 is 1.80. The topological polar surface area (TPSA) is 9.23 Å². The van der Waals surface area contributed by atoms with E-state index in [-0.39, 0.29) is 0 Å². The Morgan fingerprint density at radius 3 is 3.00 bits per heavy atom. The number of rotatable bonds is 1. The van der Waals surface area contributed by atoms with Crippen molar-refractivity contribution in [3.8, 4) is 5.75 Å². The van der Waals surface area contributed by atoms with E-state index in [1.165, 1.54) is 10.5 Å². The van der Waals surface area contributed by atoms with Gasteiger partial charge < -0.3 is 4.74 Å². The Labute approximate surface area is 77.1 Å². The van der Waals surface area contributed by atoms with Crippen molar-refractivity contribution in [3.05, 3.63) is 23.8 Å². The van der Waals surface area contributed by atoms with Gasteiger partial charge in [-0.1, -0.05) is 37.7 Å². The molecule has 0 atom stereocenters. The quantitative estimate of drug-likeness (QED) is 0.656. The highest BCUT2D eigenvalue weighted by atomic mass is 32.2. The first-order valence-electron chi connectivity index (χ1n) is 4.17. The molecule has 1 nitrogen and oxygen atoms in total. The lowest BCUT2D eigenvalue weighted by atomic mass is 10.0. The van der Waals surface area contributed by atoms with Gasteiger partial charge in [0, 0.05) is 0 Å². The highest BCUT2D eigenvalue weighted by Crippen LogP contribution is 2.41. The molecule has 0 saturated heterocycles. The third-order valence-electron chi connectivity index (χ3n) is 2.05. The lowest BCUT2D eigenvalue weighted by Crippen LogP contribution is -1.89. The molecule has 64 valence electrons. The summed E-state index contributed by atoms with van der Waals surface area (Å²) in [6, 6.07) is 6.30. The van der Waals surface area contributed by atoms with Crippen molar-refractivity contribution in [2.45, 2.75) is 24.7 Å². The van der Waals surface area contributed by atoms with Gasteiger partial charge in [-0.05, 0) is 17.5 Å². The molecule has 1 aromatic rings. The highest BCUT2D eigenvalue weighted by Gasteiger charge is 2.17. The lowest BCUT2D eigenvalue weighted by Gasteiger charge is -2.08. The van der Waals surface area contributed by atoms with Crippen LogP contribution in [0.5, 0.6) is 5.75 Å². The fourth-order valence-corrected chi connectivity index (χ4v) is 2.45. The summed E-state index contributed by atoms with van der Waals surface area (Å²) in [5.74, 6) is 2.43. The number of hydrogen-bond donors (Lipinski definition) is 0. The van der Waals surface area contributed by atoms with E-state index in [2.05, 4.69) is 26.0 Å². The average Bonchev–Trinajstić information content (AvgIpc) is 2.49. The summed E-state index contributed by atoms with van der Waals surface area (Å²) < 4.78 is 5.45. The number of ether oxygens (including phenoxy) is 1. The van der Waals surface area contributed by atoms with Gasteiger partial charge >= 0.3 is 0 Å². The smallest absolute Gasteiger partial charge is 0.138 e. The molecular weight excluding hydrogens is 168 g/mol. The van der Waals surface area contributed by atoms with Crippen molar-refractivity contribution in [2.75, 3.05) is 5.94 Å². The van der Waals surface area contributed by atoms with Crippen molar-refractivity contribution in [1.82, 2.24) is 0 Å². The predicted molar refractivity (Wildman–Crippen MR) is 51.9 cm³/mol. The Morgan fingerprint density at radius 2 is 2.25 bits per heavy atom. The zero-order valence-corrected chi connectivity index (χ0v) is 8.15. The van der Waals surface area contributed by atoms with Gasteiger partial charge in [0.2, 0.25) is 0 Å². The average molecular weight is 180 g/mol. The monoisotopic (exact) mass is 180 g/mol. The summed E-state index contributed by atoms with van der Waals surface area (Å²) in [6.45, 7) is 4.43. The molecule has 12 heavy (non-hydrogen) atoms. The van der Waals surface area contributed by atoms with Gasteiger partial charge in [0.05, 0.1) is 4.90 Å². The van der Waals surface area contributed by atoms with Crippen LogP contribution in [0.4, 0.5) is 0 Å². The molecule has 2 heteroatoms. The van der Waals surface area contributed by atoms with Gasteiger partial charge in [-0.15, -0.1) is 0 Å². The lowest BCUT2D eigenvalue weighted by molar-refractivity contribution is 0.396. The van der Waals surface area contributed by atoms with E-state index in [1.807, 2.05) is 6.07 Å². The van der Waals surface area contributed by atoms with Crippen molar-refractivity contribution in [1.29, 1.82) is 0 Å². The summed E-state index contributed by atoms with van der Waals surface area (Å²) in [5, 5.41) is 0. The molecule has 0 saturated carbocycles. The fourth-order valence-electron chi connectivity index (χ4n) is 1.41. The van der Waals surface area contributed by atoms with Crippen molar-refractivity contribution in [2.24, 2.45) is 0 Å². The van der Waals surface area contributed by atoms with Crippen molar-refractivity contribution >= 4 is 11.8 Å². The first-order chi connectivity index (χ1) is 5.79. The minimum atomic E-state index is 0.592. The Morgan fingerprint density at radius 1 is 1.42 bits per heavy atom. The number of hydrogen-bond acceptors (Lipinski definition) is 2. The van der Waals surface area contributed by atoms with Crippen LogP contribution >= 0.6 is 11.8 Å². The third kappa shape index (κ3) is 1.20. The van der Waals surface area contributed by atoms with Crippen LogP contribution in [-0.4, -0.2) is 5.94 Å². The maximum atomic E-state index is 5.45. The van der Waals surface area contributed by atoms with Gasteiger partial charge in [-0.3, -0.25) is 0 Å². The van der Waals surface area contributed by atoms with E-state index in [1.54, 1.807) is 11.8 Å². The molecule has 0 radical (unpaired) electrons. The zero-order valence-electron chi connectivity index (χ0n) is 7.33. The minimum absolute atomic E-state index is 0.592. The summed E-state index contributed by atoms with van der Waals surface area (Å²) in [5.41, 5.74) is 1.41. The van der Waals surface area contributed by atoms with Gasteiger partial charge in [0.25, 0.3) is 0 Å². The van der Waals surface area contributed by atoms with Gasteiger partial charge in [0.1, 0.15) is 11.7 Å². The Balaban J connectivity index is 2.49. The van der Waals surface area contributed by atoms with E-state index < -0.39 is 0 Å². The number of fused-ring (bicyclic) bond motifs is 1. The third-order valence-corrected chi connectivity index (χ3v) is 3.01. The Bertz CT molecular complexity index is 294. The molecular formula is C10H12OS. The molecule has 2 rings (SSSR count). The molecule has 1 heterocycles. The van der Waals surface area contributed by atoms with Crippen molar-refractivity contribution in [3.63, 3.8) is 0 Å². The van der Waals surface area contributed by atoms with E-state index in [0.717, 1.165) is 11.7 Å². The van der Waals surface area contributed by atoms with Crippen LogP contribution in [0, 0.1) is 0 Å². The van der Waals surface area contributed by atoms with Crippen LogP contribution in [-0.2, 0) is 0 Å². The Hall–Kier alpha value is -0.630. The van der Waals surface area contributed by atoms with E-state index >= 15 is 0 Å². The first-order valence-corrected chi connectivity index (χ1v) is 5.16. The molecule has 0 aromatic heterocycles.